The van der Waals surface area contributed by atoms with Gasteiger partial charge in [-0.15, -0.1) is 11.3 Å². The third kappa shape index (κ3) is 3.34. The molecule has 2 N–H and O–H groups in total. The van der Waals surface area contributed by atoms with Crippen molar-refractivity contribution in [3.63, 3.8) is 0 Å². The number of rotatable bonds is 5. The molecular weight excluding hydrogens is 404 g/mol. The van der Waals surface area contributed by atoms with E-state index < -0.39 is 32.5 Å². The molecule has 0 aliphatic carbocycles. The van der Waals surface area contributed by atoms with Gasteiger partial charge in [0, 0.05) is 17.6 Å². The van der Waals surface area contributed by atoms with E-state index >= 15 is 0 Å². The number of thiophene rings is 1. The van der Waals surface area contributed by atoms with Gasteiger partial charge in [0.05, 0.1) is 15.2 Å². The van der Waals surface area contributed by atoms with Crippen molar-refractivity contribution in [2.24, 2.45) is 0 Å². The van der Waals surface area contributed by atoms with Crippen molar-refractivity contribution in [2.75, 3.05) is 0 Å². The number of hydrogen-bond donors (Lipinski definition) is 2. The third-order valence-corrected chi connectivity index (χ3v) is 7.51. The molecule has 0 unspecified atom stereocenters. The lowest BCUT2D eigenvalue weighted by atomic mass is 10.1. The molecule has 2 aromatic heterocycles. The number of nitrogens with one attached hydrogen (secondary N) is 1. The summed E-state index contributed by atoms with van der Waals surface area (Å²) < 4.78 is 27.5. The van der Waals surface area contributed by atoms with Gasteiger partial charge < -0.3 is 10.1 Å². The summed E-state index contributed by atoms with van der Waals surface area (Å²) in [6, 6.07) is 7.79. The average Bonchev–Trinajstić information content (AvgIpc) is 2.91. The largest absolute Gasteiger partial charge is 0.478 e. The van der Waals surface area contributed by atoms with Gasteiger partial charge in [-0.25, -0.2) is 13.2 Å². The molecule has 2 heterocycles. The Morgan fingerprint density at radius 1 is 1.18 bits per heavy atom. The number of aromatic carboxylic acids is 1. The zero-order valence-electron chi connectivity index (χ0n) is 15.3. The SMILES string of the molecule is CC(C)(C)N(Cc1c(C(=O)O)c2sc1[nH]c(=O)c2=O)S(=O)(=O)c1ccccc1. The second-order valence-corrected chi connectivity index (χ2v) is 10.1. The van der Waals surface area contributed by atoms with Crippen LogP contribution in [0.25, 0.3) is 9.53 Å². The van der Waals surface area contributed by atoms with Gasteiger partial charge in [-0.3, -0.25) is 9.59 Å². The lowest BCUT2D eigenvalue weighted by molar-refractivity contribution is 0.0697. The molecule has 3 rings (SSSR count). The number of carboxylic acid groups (broad SMARTS) is 1. The van der Waals surface area contributed by atoms with E-state index in [-0.39, 0.29) is 32.1 Å². The highest BCUT2D eigenvalue weighted by molar-refractivity contribution is 7.89. The summed E-state index contributed by atoms with van der Waals surface area (Å²) in [6.07, 6.45) is 0. The van der Waals surface area contributed by atoms with Gasteiger partial charge >= 0.3 is 5.97 Å². The molecule has 10 heteroatoms. The van der Waals surface area contributed by atoms with Gasteiger partial charge in [-0.05, 0) is 32.9 Å². The van der Waals surface area contributed by atoms with Gasteiger partial charge in [0.1, 0.15) is 4.83 Å². The molecule has 0 amide bonds. The molecule has 1 aromatic carbocycles. The van der Waals surface area contributed by atoms with Crippen LogP contribution in [0.3, 0.4) is 0 Å². The van der Waals surface area contributed by atoms with Gasteiger partial charge in [0.25, 0.3) is 11.0 Å². The van der Waals surface area contributed by atoms with E-state index in [9.17, 15) is 27.9 Å². The number of aromatic nitrogens is 1. The lowest BCUT2D eigenvalue weighted by Gasteiger charge is -2.34. The predicted molar refractivity (Wildman–Crippen MR) is 106 cm³/mol. The molecule has 2 bridgehead atoms. The van der Waals surface area contributed by atoms with Crippen molar-refractivity contribution >= 4 is 36.9 Å². The Hall–Kier alpha value is -2.56. The van der Waals surface area contributed by atoms with Crippen molar-refractivity contribution in [3.8, 4) is 0 Å². The van der Waals surface area contributed by atoms with Crippen LogP contribution in [0.15, 0.2) is 44.8 Å². The molecule has 0 aliphatic rings. The first-order chi connectivity index (χ1) is 12.9. The van der Waals surface area contributed by atoms with Gasteiger partial charge in [-0.1, -0.05) is 18.2 Å². The van der Waals surface area contributed by atoms with E-state index in [0.29, 0.717) is 0 Å². The van der Waals surface area contributed by atoms with Gasteiger partial charge in [0.15, 0.2) is 0 Å². The highest BCUT2D eigenvalue weighted by Crippen LogP contribution is 2.33. The maximum atomic E-state index is 13.2. The van der Waals surface area contributed by atoms with Crippen molar-refractivity contribution in [1.29, 1.82) is 0 Å². The van der Waals surface area contributed by atoms with Crippen LogP contribution in [0.2, 0.25) is 0 Å². The molecule has 0 saturated carbocycles. The van der Waals surface area contributed by atoms with Gasteiger partial charge in [-0.2, -0.15) is 4.31 Å². The number of sulfonamides is 1. The Morgan fingerprint density at radius 3 is 2.32 bits per heavy atom. The number of aromatic amines is 1. The van der Waals surface area contributed by atoms with E-state index in [1.54, 1.807) is 39.0 Å². The second kappa shape index (κ2) is 6.80. The minimum atomic E-state index is -3.97. The minimum absolute atomic E-state index is 0.0637. The number of carbonyl (C=O) groups is 1. The van der Waals surface area contributed by atoms with Crippen LogP contribution in [0.4, 0.5) is 0 Å². The molecule has 0 fully saturated rings. The molecular formula is C18H18N2O6S2. The van der Waals surface area contributed by atoms with E-state index in [1.165, 1.54) is 16.4 Å². The number of nitrogens with zero attached hydrogens (tertiary/aromatic N) is 1. The summed E-state index contributed by atoms with van der Waals surface area (Å²) in [5, 5.41) is 9.61. The highest BCUT2D eigenvalue weighted by atomic mass is 32.2. The number of H-pyrrole nitrogens is 1. The normalized spacial score (nSPS) is 12.7. The van der Waals surface area contributed by atoms with Crippen LogP contribution in [-0.2, 0) is 16.6 Å². The summed E-state index contributed by atoms with van der Waals surface area (Å²) >= 11 is 0.843. The summed E-state index contributed by atoms with van der Waals surface area (Å²) in [5.74, 6) is -1.39. The first kappa shape index (κ1) is 20.2. The van der Waals surface area contributed by atoms with E-state index in [1.807, 2.05) is 0 Å². The van der Waals surface area contributed by atoms with Gasteiger partial charge in [0.2, 0.25) is 10.0 Å². The smallest absolute Gasteiger partial charge is 0.337 e. The third-order valence-electron chi connectivity index (χ3n) is 4.24. The Bertz CT molecular complexity index is 1250. The summed E-state index contributed by atoms with van der Waals surface area (Å²) in [6.45, 7) is 4.75. The topological polar surface area (TPSA) is 125 Å². The molecule has 148 valence electrons. The van der Waals surface area contributed by atoms with Crippen LogP contribution in [0.1, 0.15) is 36.7 Å². The Balaban J connectivity index is 2.23. The first-order valence-electron chi connectivity index (χ1n) is 8.27. The highest BCUT2D eigenvalue weighted by Gasteiger charge is 2.36. The van der Waals surface area contributed by atoms with Crippen molar-refractivity contribution in [3.05, 3.63) is 62.0 Å². The molecule has 0 saturated heterocycles. The Kier molecular flexibility index (Phi) is 4.90. The molecule has 0 radical (unpaired) electrons. The van der Waals surface area contributed by atoms with Crippen LogP contribution in [0, 0.1) is 0 Å². The van der Waals surface area contributed by atoms with E-state index in [4.69, 9.17) is 0 Å². The van der Waals surface area contributed by atoms with Crippen LogP contribution >= 0.6 is 11.3 Å². The summed E-state index contributed by atoms with van der Waals surface area (Å²) in [7, 11) is -3.97. The van der Waals surface area contributed by atoms with Crippen LogP contribution in [0.5, 0.6) is 0 Å². The molecule has 3 aromatic rings. The zero-order chi connectivity index (χ0) is 20.9. The number of carboxylic acids is 1. The molecule has 0 aliphatic heterocycles. The van der Waals surface area contributed by atoms with Crippen molar-refractivity contribution < 1.29 is 18.3 Å². The molecule has 8 nitrogen and oxygen atoms in total. The lowest BCUT2D eigenvalue weighted by Crippen LogP contribution is -2.45. The number of benzene rings is 1. The monoisotopic (exact) mass is 422 g/mol. The first-order valence-corrected chi connectivity index (χ1v) is 10.5. The average molecular weight is 422 g/mol. The van der Waals surface area contributed by atoms with E-state index in [0.717, 1.165) is 11.3 Å². The Morgan fingerprint density at radius 2 is 1.79 bits per heavy atom. The fourth-order valence-electron chi connectivity index (χ4n) is 2.91. The Labute approximate surface area is 164 Å². The zero-order valence-corrected chi connectivity index (χ0v) is 17.0. The van der Waals surface area contributed by atoms with Crippen LogP contribution in [-0.4, -0.2) is 34.3 Å². The quantitative estimate of drug-likeness (QED) is 0.607. The van der Waals surface area contributed by atoms with Crippen molar-refractivity contribution in [2.45, 2.75) is 37.8 Å². The fraction of sp³-hybridized carbons (Fsp3) is 0.278. The number of fused-ring (bicyclic) bond motifs is 2. The second-order valence-electron chi connectivity index (χ2n) is 7.20. The number of hydrogen-bond acceptors (Lipinski definition) is 6. The standard InChI is InChI=1S/C18H18N2O6S2/c1-18(2,3)20(28(25,26)10-7-5-4-6-8-10)9-11-12(17(23)24)14-13(21)15(22)19-16(11)27-14/h4-8H,9H2,1-3H3,(H,23,24)(H,19,21,22). The maximum absolute atomic E-state index is 13.2. The summed E-state index contributed by atoms with van der Waals surface area (Å²) in [4.78, 5) is 38.2. The van der Waals surface area contributed by atoms with Crippen molar-refractivity contribution in [1.82, 2.24) is 9.29 Å². The summed E-state index contributed by atoms with van der Waals surface area (Å²) in [5.41, 5.74) is -2.99. The maximum Gasteiger partial charge on any atom is 0.337 e. The van der Waals surface area contributed by atoms with E-state index in [2.05, 4.69) is 4.98 Å². The molecule has 28 heavy (non-hydrogen) atoms. The predicted octanol–water partition coefficient (Wildman–Crippen LogP) is 2.08. The molecule has 0 atom stereocenters. The molecule has 0 spiro atoms. The fourth-order valence-corrected chi connectivity index (χ4v) is 5.82. The minimum Gasteiger partial charge on any atom is -0.478 e. The van der Waals surface area contributed by atoms with Crippen LogP contribution < -0.4 is 11.0 Å².